The Morgan fingerprint density at radius 2 is 1.75 bits per heavy atom. The molecule has 1 unspecified atom stereocenters. The Morgan fingerprint density at radius 1 is 1.25 bits per heavy atom. The maximum atomic E-state index is 12.8. The van der Waals surface area contributed by atoms with Crippen molar-refractivity contribution < 1.29 is 9.18 Å². The third-order valence-corrected chi connectivity index (χ3v) is 3.48. The molecule has 112 valence electrons. The molecule has 1 aromatic carbocycles. The first kappa shape index (κ1) is 17.5. The number of carbonyl (C=O) groups excluding carboxylic acids is 1. The summed E-state index contributed by atoms with van der Waals surface area (Å²) >= 11 is 17.8. The second-order valence-electron chi connectivity index (χ2n) is 4.15. The van der Waals surface area contributed by atoms with Crippen LogP contribution in [0.1, 0.15) is 24.2 Å². The summed E-state index contributed by atoms with van der Waals surface area (Å²) in [5, 5.41) is 2.66. The van der Waals surface area contributed by atoms with Crippen LogP contribution in [0.25, 0.3) is 0 Å². The van der Waals surface area contributed by atoms with Crippen LogP contribution in [0.4, 0.5) is 4.39 Å². The van der Waals surface area contributed by atoms with Gasteiger partial charge in [0.2, 0.25) is 3.79 Å². The lowest BCUT2D eigenvalue weighted by atomic mass is 10.2. The molecule has 1 aromatic rings. The molecule has 20 heavy (non-hydrogen) atoms. The normalized spacial score (nSPS) is 13.3. The molecule has 0 heterocycles. The summed E-state index contributed by atoms with van der Waals surface area (Å²) in [7, 11) is 0. The van der Waals surface area contributed by atoms with Crippen molar-refractivity contribution in [3.63, 3.8) is 0 Å². The van der Waals surface area contributed by atoms with E-state index in [4.69, 9.17) is 34.8 Å². The van der Waals surface area contributed by atoms with Gasteiger partial charge >= 0.3 is 0 Å². The third-order valence-electron chi connectivity index (χ3n) is 2.86. The molecule has 3 nitrogen and oxygen atoms in total. The number of nitrogens with zero attached hydrogens (tertiary/aromatic N) is 1. The zero-order chi connectivity index (χ0) is 15.3. The maximum Gasteiger partial charge on any atom is 0.252 e. The second kappa shape index (κ2) is 7.46. The Bertz CT molecular complexity index is 444. The van der Waals surface area contributed by atoms with E-state index in [-0.39, 0.29) is 0 Å². The van der Waals surface area contributed by atoms with Crippen LogP contribution >= 0.6 is 34.8 Å². The van der Waals surface area contributed by atoms with Gasteiger partial charge in [-0.2, -0.15) is 0 Å². The highest BCUT2D eigenvalue weighted by Gasteiger charge is 2.37. The fourth-order valence-corrected chi connectivity index (χ4v) is 2.36. The SMILES string of the molecule is CCN(CC)C(NC(=O)c1ccc(F)cc1)C(Cl)(Cl)Cl. The smallest absolute Gasteiger partial charge is 0.252 e. The van der Waals surface area contributed by atoms with Crippen molar-refractivity contribution in [2.75, 3.05) is 13.1 Å². The van der Waals surface area contributed by atoms with Gasteiger partial charge in [0, 0.05) is 5.56 Å². The van der Waals surface area contributed by atoms with Crippen LogP contribution < -0.4 is 5.32 Å². The van der Waals surface area contributed by atoms with Crippen LogP contribution in [0.5, 0.6) is 0 Å². The Kier molecular flexibility index (Phi) is 6.52. The Labute approximate surface area is 133 Å². The van der Waals surface area contributed by atoms with Gasteiger partial charge in [-0.05, 0) is 37.4 Å². The van der Waals surface area contributed by atoms with Gasteiger partial charge in [0.1, 0.15) is 12.0 Å². The first-order valence-corrected chi connectivity index (χ1v) is 7.30. The maximum absolute atomic E-state index is 12.8. The minimum atomic E-state index is -1.66. The molecule has 1 amide bonds. The van der Waals surface area contributed by atoms with Crippen LogP contribution in [0.15, 0.2) is 24.3 Å². The fourth-order valence-electron chi connectivity index (χ4n) is 1.78. The lowest BCUT2D eigenvalue weighted by Crippen LogP contribution is -2.55. The molecule has 0 saturated heterocycles. The van der Waals surface area contributed by atoms with Crippen molar-refractivity contribution in [3.8, 4) is 0 Å². The molecule has 0 bridgehead atoms. The van der Waals surface area contributed by atoms with Gasteiger partial charge in [-0.15, -0.1) is 0 Å². The summed E-state index contributed by atoms with van der Waals surface area (Å²) < 4.78 is 11.2. The molecule has 0 aliphatic heterocycles. The van der Waals surface area contributed by atoms with E-state index in [2.05, 4.69) is 5.32 Å². The third kappa shape index (κ3) is 4.77. The highest BCUT2D eigenvalue weighted by molar-refractivity contribution is 6.68. The number of halogens is 4. The summed E-state index contributed by atoms with van der Waals surface area (Å²) in [6, 6.07) is 5.16. The number of rotatable bonds is 5. The molecule has 1 rings (SSSR count). The number of nitrogens with one attached hydrogen (secondary N) is 1. The molecule has 0 aromatic heterocycles. The molecule has 7 heteroatoms. The number of carbonyl (C=O) groups is 1. The zero-order valence-electron chi connectivity index (χ0n) is 11.2. The Morgan fingerprint density at radius 3 is 2.15 bits per heavy atom. The largest absolute Gasteiger partial charge is 0.332 e. The van der Waals surface area contributed by atoms with Crippen LogP contribution in [0.3, 0.4) is 0 Å². The monoisotopic (exact) mass is 340 g/mol. The van der Waals surface area contributed by atoms with E-state index in [1.165, 1.54) is 24.3 Å². The minimum absolute atomic E-state index is 0.304. The van der Waals surface area contributed by atoms with Crippen molar-refractivity contribution >= 4 is 40.7 Å². The molecule has 0 aliphatic rings. The molecule has 0 aliphatic carbocycles. The summed E-state index contributed by atoms with van der Waals surface area (Å²) in [4.78, 5) is 13.9. The summed E-state index contributed by atoms with van der Waals surface area (Å²) in [5.41, 5.74) is 0.304. The molecular weight excluding hydrogens is 326 g/mol. The van der Waals surface area contributed by atoms with Gasteiger partial charge in [0.25, 0.3) is 5.91 Å². The highest BCUT2D eigenvalue weighted by atomic mass is 35.6. The lowest BCUT2D eigenvalue weighted by Gasteiger charge is -2.35. The predicted octanol–water partition coefficient (Wildman–Crippen LogP) is 3.59. The van der Waals surface area contributed by atoms with Crippen molar-refractivity contribution in [2.45, 2.75) is 23.8 Å². The predicted molar refractivity (Wildman–Crippen MR) is 80.9 cm³/mol. The molecule has 0 spiro atoms. The average molecular weight is 342 g/mol. The summed E-state index contributed by atoms with van der Waals surface area (Å²) in [6.07, 6.45) is -0.764. The van der Waals surface area contributed by atoms with E-state index in [9.17, 15) is 9.18 Å². The number of hydrogen-bond donors (Lipinski definition) is 1. The number of benzene rings is 1. The minimum Gasteiger partial charge on any atom is -0.332 e. The van der Waals surface area contributed by atoms with Gasteiger partial charge < -0.3 is 5.32 Å². The summed E-state index contributed by atoms with van der Waals surface area (Å²) in [6.45, 7) is 5.02. The molecule has 1 N–H and O–H groups in total. The zero-order valence-corrected chi connectivity index (χ0v) is 13.4. The van der Waals surface area contributed by atoms with Gasteiger partial charge in [-0.3, -0.25) is 9.69 Å². The average Bonchev–Trinajstić information content (AvgIpc) is 2.38. The molecule has 1 atom stereocenters. The highest BCUT2D eigenvalue weighted by Crippen LogP contribution is 2.32. The quantitative estimate of drug-likeness (QED) is 0.655. The topological polar surface area (TPSA) is 32.3 Å². The second-order valence-corrected chi connectivity index (χ2v) is 6.51. The van der Waals surface area contributed by atoms with Crippen LogP contribution in [-0.2, 0) is 0 Å². The van der Waals surface area contributed by atoms with Crippen molar-refractivity contribution in [3.05, 3.63) is 35.6 Å². The number of amides is 1. The molecule has 0 saturated carbocycles. The van der Waals surface area contributed by atoms with Crippen molar-refractivity contribution in [1.29, 1.82) is 0 Å². The fraction of sp³-hybridized carbons (Fsp3) is 0.462. The molecule has 0 radical (unpaired) electrons. The van der Waals surface area contributed by atoms with Gasteiger partial charge in [-0.25, -0.2) is 4.39 Å². The Balaban J connectivity index is 2.89. The van der Waals surface area contributed by atoms with E-state index in [1.807, 2.05) is 18.7 Å². The first-order chi connectivity index (χ1) is 9.29. The van der Waals surface area contributed by atoms with Gasteiger partial charge in [-0.1, -0.05) is 48.7 Å². The molecule has 0 fully saturated rings. The van der Waals surface area contributed by atoms with Crippen molar-refractivity contribution in [1.82, 2.24) is 10.2 Å². The van der Waals surface area contributed by atoms with Crippen LogP contribution in [0, 0.1) is 5.82 Å². The summed E-state index contributed by atoms with van der Waals surface area (Å²) in [5.74, 6) is -0.837. The van der Waals surface area contributed by atoms with Gasteiger partial charge in [0.15, 0.2) is 0 Å². The molecular formula is C13H16Cl3FN2O. The first-order valence-electron chi connectivity index (χ1n) is 6.16. The number of hydrogen-bond acceptors (Lipinski definition) is 2. The van der Waals surface area contributed by atoms with Crippen LogP contribution in [-0.4, -0.2) is 33.9 Å². The van der Waals surface area contributed by atoms with E-state index in [0.717, 1.165) is 0 Å². The van der Waals surface area contributed by atoms with Crippen LogP contribution in [0.2, 0.25) is 0 Å². The number of alkyl halides is 3. The Hall–Kier alpha value is -0.550. The standard InChI is InChI=1S/C13H16Cl3FN2O/c1-3-19(4-2)12(13(14,15)16)18-11(20)9-5-7-10(17)8-6-9/h5-8,12H,3-4H2,1-2H3,(H,18,20). The van der Waals surface area contributed by atoms with E-state index < -0.39 is 21.7 Å². The van der Waals surface area contributed by atoms with E-state index in [0.29, 0.717) is 18.7 Å². The lowest BCUT2D eigenvalue weighted by molar-refractivity contribution is 0.0862. The van der Waals surface area contributed by atoms with Crippen molar-refractivity contribution in [2.24, 2.45) is 0 Å². The van der Waals surface area contributed by atoms with Gasteiger partial charge in [0.05, 0.1) is 0 Å². The van der Waals surface area contributed by atoms with E-state index >= 15 is 0 Å². The van der Waals surface area contributed by atoms with E-state index in [1.54, 1.807) is 0 Å².